The number of benzene rings is 3. The molecule has 4 aromatic rings. The van der Waals surface area contributed by atoms with E-state index >= 15 is 0 Å². The van der Waals surface area contributed by atoms with Gasteiger partial charge >= 0.3 is 0 Å². The molecule has 1 aromatic heterocycles. The summed E-state index contributed by atoms with van der Waals surface area (Å²) in [6.45, 7) is 3.93. The number of halogens is 1. The number of carbonyl (C=O) groups is 2. The third-order valence-electron chi connectivity index (χ3n) is 5.16. The number of carbonyl (C=O) groups excluding carboxylic acids is 2. The van der Waals surface area contributed by atoms with E-state index in [1.54, 1.807) is 12.1 Å². The smallest absolute Gasteiger partial charge is 0.251 e. The third kappa shape index (κ3) is 4.89. The summed E-state index contributed by atoms with van der Waals surface area (Å²) < 4.78 is 2.79. The number of nitrogens with zero attached hydrogens (tertiary/aromatic N) is 2. The van der Waals surface area contributed by atoms with Crippen molar-refractivity contribution < 1.29 is 9.59 Å². The number of aromatic nitrogens is 2. The number of fused-ring (bicyclic) bond motifs is 1. The van der Waals surface area contributed by atoms with Crippen molar-refractivity contribution in [2.24, 2.45) is 0 Å². The van der Waals surface area contributed by atoms with E-state index in [1.807, 2.05) is 79.1 Å². The summed E-state index contributed by atoms with van der Waals surface area (Å²) in [4.78, 5) is 30.2. The van der Waals surface area contributed by atoms with Gasteiger partial charge in [-0.3, -0.25) is 9.59 Å². The van der Waals surface area contributed by atoms with Crippen LogP contribution in [0.25, 0.3) is 11.0 Å². The van der Waals surface area contributed by atoms with E-state index in [0.717, 1.165) is 21.1 Å². The second kappa shape index (κ2) is 9.36. The first-order valence-electron chi connectivity index (χ1n) is 10.3. The lowest BCUT2D eigenvalue weighted by Crippen LogP contribution is -2.30. The molecule has 0 saturated heterocycles. The van der Waals surface area contributed by atoms with Gasteiger partial charge in [0.05, 0.1) is 17.1 Å². The molecule has 0 fully saturated rings. The first-order valence-corrected chi connectivity index (χ1v) is 11.1. The van der Waals surface area contributed by atoms with Crippen LogP contribution in [-0.2, 0) is 11.3 Å². The number of imidazole rings is 1. The van der Waals surface area contributed by atoms with E-state index < -0.39 is 6.04 Å². The lowest BCUT2D eigenvalue weighted by Gasteiger charge is -2.16. The predicted octanol–water partition coefficient (Wildman–Crippen LogP) is 5.24. The summed E-state index contributed by atoms with van der Waals surface area (Å²) in [5.41, 5.74) is 4.00. The maximum Gasteiger partial charge on any atom is 0.251 e. The van der Waals surface area contributed by atoms with Gasteiger partial charge in [-0.1, -0.05) is 45.8 Å². The Kier molecular flexibility index (Phi) is 6.37. The van der Waals surface area contributed by atoms with Crippen LogP contribution in [0.3, 0.4) is 0 Å². The van der Waals surface area contributed by atoms with Crippen molar-refractivity contribution in [1.82, 2.24) is 14.9 Å². The van der Waals surface area contributed by atoms with Crippen LogP contribution in [0.4, 0.5) is 5.69 Å². The van der Waals surface area contributed by atoms with Gasteiger partial charge in [0, 0.05) is 15.7 Å². The molecule has 0 spiro atoms. The number of hydrogen-bond acceptors (Lipinski definition) is 3. The Balaban J connectivity index is 1.57. The molecule has 4 rings (SSSR count). The van der Waals surface area contributed by atoms with E-state index in [2.05, 4.69) is 26.6 Å². The van der Waals surface area contributed by atoms with Crippen molar-refractivity contribution in [2.45, 2.75) is 26.4 Å². The van der Waals surface area contributed by atoms with Crippen LogP contribution in [0.1, 0.15) is 34.7 Å². The Labute approximate surface area is 194 Å². The zero-order valence-corrected chi connectivity index (χ0v) is 19.4. The number of rotatable bonds is 6. The summed E-state index contributed by atoms with van der Waals surface area (Å²) in [5, 5.41) is 5.92. The van der Waals surface area contributed by atoms with Gasteiger partial charge in [0.15, 0.2) is 0 Å². The summed E-state index contributed by atoms with van der Waals surface area (Å²) >= 11 is 3.39. The maximum absolute atomic E-state index is 12.8. The van der Waals surface area contributed by atoms with Gasteiger partial charge in [-0.15, -0.1) is 0 Å². The van der Waals surface area contributed by atoms with Gasteiger partial charge < -0.3 is 15.2 Å². The molecular formula is C25H23BrN4O2. The van der Waals surface area contributed by atoms with Crippen LogP contribution in [0, 0.1) is 6.92 Å². The fraction of sp³-hybridized carbons (Fsp3) is 0.160. The Hall–Kier alpha value is -3.45. The van der Waals surface area contributed by atoms with E-state index in [9.17, 15) is 9.59 Å². The number of nitrogens with one attached hydrogen (secondary N) is 2. The van der Waals surface area contributed by atoms with Crippen LogP contribution in [0.5, 0.6) is 0 Å². The van der Waals surface area contributed by atoms with Gasteiger partial charge in [-0.25, -0.2) is 4.98 Å². The predicted molar refractivity (Wildman–Crippen MR) is 130 cm³/mol. The molecule has 3 aromatic carbocycles. The van der Waals surface area contributed by atoms with Crippen LogP contribution in [0.15, 0.2) is 77.3 Å². The molecule has 0 aliphatic rings. The van der Waals surface area contributed by atoms with Crippen molar-refractivity contribution in [3.63, 3.8) is 0 Å². The molecule has 0 aliphatic heterocycles. The summed E-state index contributed by atoms with van der Waals surface area (Å²) in [7, 11) is 0. The molecular weight excluding hydrogens is 468 g/mol. The molecule has 2 amide bonds. The third-order valence-corrected chi connectivity index (χ3v) is 5.69. The molecule has 6 nitrogen and oxygen atoms in total. The molecule has 162 valence electrons. The average molecular weight is 491 g/mol. The van der Waals surface area contributed by atoms with Crippen molar-refractivity contribution in [3.8, 4) is 0 Å². The molecule has 0 bridgehead atoms. The van der Waals surface area contributed by atoms with Crippen LogP contribution >= 0.6 is 15.9 Å². The molecule has 0 radical (unpaired) electrons. The van der Waals surface area contributed by atoms with E-state index in [1.165, 1.54) is 0 Å². The molecule has 0 aliphatic carbocycles. The van der Waals surface area contributed by atoms with E-state index in [-0.39, 0.29) is 18.4 Å². The fourth-order valence-corrected chi connectivity index (χ4v) is 3.78. The zero-order chi connectivity index (χ0) is 22.7. The Morgan fingerprint density at radius 1 is 1.00 bits per heavy atom. The van der Waals surface area contributed by atoms with Crippen molar-refractivity contribution in [1.29, 1.82) is 0 Å². The monoisotopic (exact) mass is 490 g/mol. The number of anilines is 1. The largest absolute Gasteiger partial charge is 0.342 e. The lowest BCUT2D eigenvalue weighted by atomic mass is 10.1. The molecule has 32 heavy (non-hydrogen) atoms. The van der Waals surface area contributed by atoms with Gasteiger partial charge in [-0.2, -0.15) is 0 Å². The minimum atomic E-state index is -0.392. The van der Waals surface area contributed by atoms with Gasteiger partial charge in [0.2, 0.25) is 5.91 Å². The number of amides is 2. The highest BCUT2D eigenvalue weighted by Crippen LogP contribution is 2.22. The highest BCUT2D eigenvalue weighted by molar-refractivity contribution is 9.10. The minimum Gasteiger partial charge on any atom is -0.342 e. The first-order chi connectivity index (χ1) is 15.4. The molecule has 1 atom stereocenters. The maximum atomic E-state index is 12.8. The Morgan fingerprint density at radius 2 is 1.69 bits per heavy atom. The highest BCUT2D eigenvalue weighted by Gasteiger charge is 2.20. The lowest BCUT2D eigenvalue weighted by molar-refractivity contribution is -0.116. The average Bonchev–Trinajstić information content (AvgIpc) is 3.14. The summed E-state index contributed by atoms with van der Waals surface area (Å²) in [6, 6.07) is 22.1. The zero-order valence-electron chi connectivity index (χ0n) is 17.8. The van der Waals surface area contributed by atoms with Crippen molar-refractivity contribution >= 4 is 44.5 Å². The van der Waals surface area contributed by atoms with Gasteiger partial charge in [0.1, 0.15) is 12.4 Å². The van der Waals surface area contributed by atoms with Gasteiger partial charge in [0.25, 0.3) is 5.91 Å². The number of para-hydroxylation sites is 2. The molecule has 7 heteroatoms. The molecule has 2 N–H and O–H groups in total. The van der Waals surface area contributed by atoms with E-state index in [4.69, 9.17) is 4.98 Å². The fourth-order valence-electron chi connectivity index (χ4n) is 3.52. The minimum absolute atomic E-state index is 0.0800. The summed E-state index contributed by atoms with van der Waals surface area (Å²) in [6.07, 6.45) is 0. The standard InChI is InChI=1S/C25H23BrN4O2/c1-16-7-9-18(10-8-16)25(32)27-17(2)24-29-21-5-3-4-6-22(21)30(24)15-23(31)28-20-13-11-19(26)12-14-20/h3-14,17H,15H2,1-2H3,(H,27,32)(H,28,31)/t17-/m0/s1. The number of aryl methyl sites for hydroxylation is 1. The second-order valence-corrected chi connectivity index (χ2v) is 8.58. The van der Waals surface area contributed by atoms with Crippen LogP contribution in [0.2, 0.25) is 0 Å². The SMILES string of the molecule is Cc1ccc(C(=O)N[C@@H](C)c2nc3ccccc3n2CC(=O)Nc2ccc(Br)cc2)cc1. The topological polar surface area (TPSA) is 76.0 Å². The first kappa shape index (κ1) is 21.8. The highest BCUT2D eigenvalue weighted by atomic mass is 79.9. The van der Waals surface area contributed by atoms with Crippen LogP contribution < -0.4 is 10.6 Å². The van der Waals surface area contributed by atoms with Crippen molar-refractivity contribution in [3.05, 3.63) is 94.2 Å². The van der Waals surface area contributed by atoms with Crippen LogP contribution in [-0.4, -0.2) is 21.4 Å². The molecule has 1 heterocycles. The normalized spacial score (nSPS) is 11.8. The molecule has 0 saturated carbocycles. The van der Waals surface area contributed by atoms with E-state index in [0.29, 0.717) is 17.1 Å². The molecule has 0 unspecified atom stereocenters. The summed E-state index contributed by atoms with van der Waals surface area (Å²) in [5.74, 6) is 0.266. The van der Waals surface area contributed by atoms with Crippen molar-refractivity contribution in [2.75, 3.05) is 5.32 Å². The quantitative estimate of drug-likeness (QED) is 0.388. The van der Waals surface area contributed by atoms with Gasteiger partial charge in [-0.05, 0) is 62.4 Å². The number of hydrogen-bond donors (Lipinski definition) is 2. The Bertz CT molecular complexity index is 1260. The Morgan fingerprint density at radius 3 is 2.41 bits per heavy atom. The second-order valence-electron chi connectivity index (χ2n) is 7.66.